The van der Waals surface area contributed by atoms with Crippen LogP contribution in [-0.2, 0) is 9.53 Å². The Bertz CT molecular complexity index is 687. The van der Waals surface area contributed by atoms with Gasteiger partial charge in [0.25, 0.3) is 5.91 Å². The normalized spacial score (nSPS) is 15.7. The maximum atomic E-state index is 12.3. The van der Waals surface area contributed by atoms with E-state index < -0.39 is 17.6 Å². The summed E-state index contributed by atoms with van der Waals surface area (Å²) in [7, 11) is 0. The molecule has 1 atom stereocenters. The van der Waals surface area contributed by atoms with Crippen LogP contribution in [0.4, 0.5) is 4.79 Å². The van der Waals surface area contributed by atoms with Crippen LogP contribution >= 0.6 is 11.3 Å². The molecule has 1 aliphatic heterocycles. The predicted octanol–water partition coefficient (Wildman–Crippen LogP) is 4.30. The zero-order valence-electron chi connectivity index (χ0n) is 18.3. The number of carboxylic acid groups (broad SMARTS) is 1. The van der Waals surface area contributed by atoms with E-state index >= 15 is 0 Å². The molecule has 2 amide bonds. The largest absolute Gasteiger partial charge is 0.480 e. The van der Waals surface area contributed by atoms with Crippen LogP contribution in [0, 0.1) is 12.8 Å². The summed E-state index contributed by atoms with van der Waals surface area (Å²) in [6.07, 6.45) is 1.40. The number of hydrogen-bond donors (Lipinski definition) is 2. The number of ether oxygens (including phenoxy) is 1. The van der Waals surface area contributed by atoms with Crippen molar-refractivity contribution >= 4 is 29.3 Å². The lowest BCUT2D eigenvalue weighted by molar-refractivity contribution is -0.139. The van der Waals surface area contributed by atoms with Gasteiger partial charge in [-0.05, 0) is 65.0 Å². The lowest BCUT2D eigenvalue weighted by atomic mass is 9.90. The van der Waals surface area contributed by atoms with Crippen molar-refractivity contribution in [3.8, 4) is 0 Å². The lowest BCUT2D eigenvalue weighted by Crippen LogP contribution is -2.45. The average Bonchev–Trinajstić information content (AvgIpc) is 3.08. The second-order valence-electron chi connectivity index (χ2n) is 7.92. The number of aryl methyl sites for hydroxylation is 1. The highest BCUT2D eigenvalue weighted by Gasteiger charge is 2.30. The number of piperidine rings is 1. The molecule has 0 spiro atoms. The Hall–Kier alpha value is -2.09. The van der Waals surface area contributed by atoms with Crippen LogP contribution in [0.3, 0.4) is 0 Å². The number of likely N-dealkylation sites (tertiary alicyclic amines) is 1. The van der Waals surface area contributed by atoms with Gasteiger partial charge >= 0.3 is 12.1 Å². The minimum absolute atomic E-state index is 0.134. The minimum Gasteiger partial charge on any atom is -0.480 e. The topological polar surface area (TPSA) is 95.9 Å². The molecule has 0 aliphatic carbocycles. The molecule has 1 aliphatic rings. The Labute approximate surface area is 177 Å². The molecule has 0 aromatic carbocycles. The minimum atomic E-state index is -1.04. The number of carboxylic acids is 1. The SMILES string of the molecule is CC.Cc1ccc(C(=O)NC(CC2CCN(C(=O)OC(C)(C)C)CC2)C(=O)O)s1. The molecule has 1 aromatic heterocycles. The molecule has 29 heavy (non-hydrogen) atoms. The van der Waals surface area contributed by atoms with Crippen molar-refractivity contribution in [2.75, 3.05) is 13.1 Å². The van der Waals surface area contributed by atoms with Crippen molar-refractivity contribution in [1.29, 1.82) is 0 Å². The van der Waals surface area contributed by atoms with E-state index in [-0.39, 0.29) is 17.9 Å². The zero-order valence-corrected chi connectivity index (χ0v) is 19.1. The third-order valence-electron chi connectivity index (χ3n) is 4.40. The fraction of sp³-hybridized carbons (Fsp3) is 0.667. The summed E-state index contributed by atoms with van der Waals surface area (Å²) >= 11 is 1.34. The molecular formula is C21H34N2O5S. The highest BCUT2D eigenvalue weighted by atomic mass is 32.1. The number of rotatable bonds is 5. The summed E-state index contributed by atoms with van der Waals surface area (Å²) in [5, 5.41) is 12.1. The second kappa shape index (κ2) is 11.2. The van der Waals surface area contributed by atoms with E-state index in [4.69, 9.17) is 4.74 Å². The molecule has 2 heterocycles. The van der Waals surface area contributed by atoms with Crippen molar-refractivity contribution in [3.05, 3.63) is 21.9 Å². The first kappa shape index (κ1) is 24.9. The van der Waals surface area contributed by atoms with Gasteiger partial charge in [0, 0.05) is 18.0 Å². The Morgan fingerprint density at radius 3 is 2.28 bits per heavy atom. The second-order valence-corrected chi connectivity index (χ2v) is 9.21. The molecule has 1 aromatic rings. The van der Waals surface area contributed by atoms with Gasteiger partial charge in [0.1, 0.15) is 11.6 Å². The van der Waals surface area contributed by atoms with Gasteiger partial charge in [0.05, 0.1) is 4.88 Å². The van der Waals surface area contributed by atoms with E-state index in [1.807, 2.05) is 47.6 Å². The van der Waals surface area contributed by atoms with Crippen LogP contribution in [-0.4, -0.2) is 52.7 Å². The van der Waals surface area contributed by atoms with Crippen molar-refractivity contribution in [1.82, 2.24) is 10.2 Å². The van der Waals surface area contributed by atoms with E-state index in [9.17, 15) is 19.5 Å². The maximum absolute atomic E-state index is 12.3. The Morgan fingerprint density at radius 1 is 1.24 bits per heavy atom. The third-order valence-corrected chi connectivity index (χ3v) is 5.40. The number of amides is 2. The van der Waals surface area contributed by atoms with Gasteiger partial charge in [-0.25, -0.2) is 9.59 Å². The molecule has 2 N–H and O–H groups in total. The van der Waals surface area contributed by atoms with Crippen LogP contribution in [0.1, 0.15) is 68.4 Å². The smallest absolute Gasteiger partial charge is 0.410 e. The average molecular weight is 427 g/mol. The summed E-state index contributed by atoms with van der Waals surface area (Å²) in [4.78, 5) is 39.1. The number of hydrogen-bond acceptors (Lipinski definition) is 5. The van der Waals surface area contributed by atoms with Gasteiger partial charge < -0.3 is 20.1 Å². The van der Waals surface area contributed by atoms with Gasteiger partial charge in [0.15, 0.2) is 0 Å². The number of thiophene rings is 1. The van der Waals surface area contributed by atoms with E-state index in [2.05, 4.69) is 5.32 Å². The molecule has 1 fully saturated rings. The molecule has 7 nitrogen and oxygen atoms in total. The first-order valence-electron chi connectivity index (χ1n) is 10.1. The fourth-order valence-corrected chi connectivity index (χ4v) is 3.79. The number of aliphatic carboxylic acids is 1. The van der Waals surface area contributed by atoms with Crippen LogP contribution in [0.15, 0.2) is 12.1 Å². The van der Waals surface area contributed by atoms with Gasteiger partial charge in [-0.15, -0.1) is 11.3 Å². The van der Waals surface area contributed by atoms with Crippen LogP contribution in [0.25, 0.3) is 0 Å². The summed E-state index contributed by atoms with van der Waals surface area (Å²) in [5.41, 5.74) is -0.535. The molecule has 0 saturated carbocycles. The maximum Gasteiger partial charge on any atom is 0.410 e. The van der Waals surface area contributed by atoms with Crippen LogP contribution in [0.5, 0.6) is 0 Å². The molecule has 0 bridgehead atoms. The van der Waals surface area contributed by atoms with Crippen molar-refractivity contribution in [2.45, 2.75) is 72.4 Å². The van der Waals surface area contributed by atoms with Crippen molar-refractivity contribution in [2.24, 2.45) is 5.92 Å². The highest BCUT2D eigenvalue weighted by molar-refractivity contribution is 7.13. The van der Waals surface area contributed by atoms with E-state index in [1.165, 1.54) is 11.3 Å². The van der Waals surface area contributed by atoms with E-state index in [0.29, 0.717) is 37.2 Å². The van der Waals surface area contributed by atoms with Crippen LogP contribution < -0.4 is 5.32 Å². The van der Waals surface area contributed by atoms with Crippen molar-refractivity contribution < 1.29 is 24.2 Å². The predicted molar refractivity (Wildman–Crippen MR) is 114 cm³/mol. The number of carbonyl (C=O) groups is 3. The van der Waals surface area contributed by atoms with Gasteiger partial charge in [-0.3, -0.25) is 4.79 Å². The summed E-state index contributed by atoms with van der Waals surface area (Å²) in [6, 6.07) is 2.60. The summed E-state index contributed by atoms with van der Waals surface area (Å²) in [6.45, 7) is 12.4. The molecule has 1 unspecified atom stereocenters. The summed E-state index contributed by atoms with van der Waals surface area (Å²) in [5.74, 6) is -1.26. The molecule has 164 valence electrons. The van der Waals surface area contributed by atoms with E-state index in [0.717, 1.165) is 4.88 Å². The third kappa shape index (κ3) is 8.43. The van der Waals surface area contributed by atoms with Gasteiger partial charge in [-0.1, -0.05) is 13.8 Å². The number of carbonyl (C=O) groups excluding carboxylic acids is 2. The molecule has 0 radical (unpaired) electrons. The molecule has 1 saturated heterocycles. The van der Waals surface area contributed by atoms with Gasteiger partial charge in [-0.2, -0.15) is 0 Å². The van der Waals surface area contributed by atoms with E-state index in [1.54, 1.807) is 11.0 Å². The zero-order chi connectivity index (χ0) is 22.2. The van der Waals surface area contributed by atoms with Crippen LogP contribution in [0.2, 0.25) is 0 Å². The molecular weight excluding hydrogens is 392 g/mol. The molecule has 2 rings (SSSR count). The fourth-order valence-electron chi connectivity index (χ4n) is 3.02. The quantitative estimate of drug-likeness (QED) is 0.732. The standard InChI is InChI=1S/C19H28N2O5S.C2H6/c1-12-5-6-15(27-12)16(22)20-14(17(23)24)11-13-7-9-21(10-8-13)18(25)26-19(2,3)4;1-2/h5-6,13-14H,7-11H2,1-4H3,(H,20,22)(H,23,24);1-2H3. The van der Waals surface area contributed by atoms with Gasteiger partial charge in [0.2, 0.25) is 0 Å². The Kier molecular flexibility index (Phi) is 9.62. The summed E-state index contributed by atoms with van der Waals surface area (Å²) < 4.78 is 5.37. The lowest BCUT2D eigenvalue weighted by Gasteiger charge is -2.34. The molecule has 8 heteroatoms. The monoisotopic (exact) mass is 426 g/mol. The number of nitrogens with one attached hydrogen (secondary N) is 1. The van der Waals surface area contributed by atoms with Crippen molar-refractivity contribution in [3.63, 3.8) is 0 Å². The number of nitrogens with zero attached hydrogens (tertiary/aromatic N) is 1. The Balaban J connectivity index is 0.00000204. The first-order chi connectivity index (χ1) is 13.5. The Morgan fingerprint density at radius 2 is 1.83 bits per heavy atom. The first-order valence-corrected chi connectivity index (χ1v) is 10.9. The highest BCUT2D eigenvalue weighted by Crippen LogP contribution is 2.24.